The van der Waals surface area contributed by atoms with E-state index in [0.29, 0.717) is 11.1 Å². The normalized spacial score (nSPS) is 12.7. The molecule has 1 N–H and O–H groups in total. The number of sulfone groups is 1. The van der Waals surface area contributed by atoms with Crippen LogP contribution < -0.4 is 15.2 Å². The van der Waals surface area contributed by atoms with Crippen LogP contribution in [0, 0.1) is 0 Å². The van der Waals surface area contributed by atoms with Crippen molar-refractivity contribution < 1.29 is 26.7 Å². The summed E-state index contributed by atoms with van der Waals surface area (Å²) in [5, 5.41) is 0. The van der Waals surface area contributed by atoms with Gasteiger partial charge in [-0.2, -0.15) is 8.78 Å². The van der Waals surface area contributed by atoms with Crippen molar-refractivity contribution in [3.63, 3.8) is 0 Å². The molecule has 2 heterocycles. The molecule has 0 saturated heterocycles. The van der Waals surface area contributed by atoms with E-state index < -0.39 is 33.9 Å². The number of fused-ring (bicyclic) bond motifs is 1. The first-order valence-electron chi connectivity index (χ1n) is 10.7. The molecule has 0 aliphatic carbocycles. The van der Waals surface area contributed by atoms with Crippen LogP contribution in [0.15, 0.2) is 65.6 Å². The Kier molecular flexibility index (Phi) is 6.88. The van der Waals surface area contributed by atoms with E-state index in [1.165, 1.54) is 29.0 Å². The fraction of sp³-hybridized carbons (Fsp3) is 0.250. The number of imidazole rings is 1. The lowest BCUT2D eigenvalue weighted by Crippen LogP contribution is -2.28. The molecule has 2 aromatic carbocycles. The summed E-state index contributed by atoms with van der Waals surface area (Å²) in [5.41, 5.74) is 2.08. The van der Waals surface area contributed by atoms with Gasteiger partial charge in [0.2, 0.25) is 0 Å². The number of hydrogen-bond acceptors (Lipinski definition) is 6. The largest absolute Gasteiger partial charge is 0.490 e. The highest BCUT2D eigenvalue weighted by Gasteiger charge is 2.26. The third kappa shape index (κ3) is 5.35. The quantitative estimate of drug-likeness (QED) is 0.370. The number of H-pyrrole nitrogens is 1. The van der Waals surface area contributed by atoms with Crippen molar-refractivity contribution in [3.05, 3.63) is 76.8 Å². The molecule has 0 aliphatic rings. The van der Waals surface area contributed by atoms with Crippen molar-refractivity contribution in [3.8, 4) is 22.6 Å². The molecule has 35 heavy (non-hydrogen) atoms. The summed E-state index contributed by atoms with van der Waals surface area (Å²) in [6.45, 7) is -1.23. The fourth-order valence-corrected chi connectivity index (χ4v) is 4.88. The van der Waals surface area contributed by atoms with Gasteiger partial charge in [-0.1, -0.05) is 36.4 Å². The summed E-state index contributed by atoms with van der Waals surface area (Å²) in [5.74, 6) is -0.619. The second-order valence-electron chi connectivity index (χ2n) is 7.85. The van der Waals surface area contributed by atoms with Crippen LogP contribution in [-0.2, 0) is 9.84 Å². The van der Waals surface area contributed by atoms with E-state index in [-0.39, 0.29) is 23.8 Å². The summed E-state index contributed by atoms with van der Waals surface area (Å²) in [6, 6.07) is 14.2. The molecular weight excluding hydrogens is 480 g/mol. The molecule has 2 aromatic heterocycles. The van der Waals surface area contributed by atoms with Crippen molar-refractivity contribution in [2.24, 2.45) is 0 Å². The maximum atomic E-state index is 13.2. The molecular formula is C24H23F2N3O5S. The molecule has 1 unspecified atom stereocenters. The minimum Gasteiger partial charge on any atom is -0.490 e. The molecule has 0 bridgehead atoms. The molecule has 0 aliphatic heterocycles. The molecule has 4 aromatic rings. The van der Waals surface area contributed by atoms with Crippen LogP contribution in [0.5, 0.6) is 11.5 Å². The second-order valence-corrected chi connectivity index (χ2v) is 10.0. The first-order valence-corrected chi connectivity index (χ1v) is 12.8. The van der Waals surface area contributed by atoms with E-state index in [0.717, 1.165) is 17.4 Å². The number of hydrogen-bond donors (Lipinski definition) is 1. The smallest absolute Gasteiger partial charge is 0.387 e. The van der Waals surface area contributed by atoms with E-state index in [1.54, 1.807) is 13.0 Å². The second kappa shape index (κ2) is 9.87. The SMILES string of the molecule is CCOc1cc(C(CS(C)(=O)=O)n2c(=O)[nH]c3c(-c4ccccc4)ccnc32)ccc1OC(F)F. The van der Waals surface area contributed by atoms with Crippen LogP contribution in [0.25, 0.3) is 22.3 Å². The minimum atomic E-state index is -3.59. The van der Waals surface area contributed by atoms with E-state index in [2.05, 4.69) is 14.7 Å². The Bertz CT molecular complexity index is 1500. The summed E-state index contributed by atoms with van der Waals surface area (Å²) >= 11 is 0. The van der Waals surface area contributed by atoms with Crippen LogP contribution in [0.3, 0.4) is 0 Å². The van der Waals surface area contributed by atoms with Crippen LogP contribution in [0.1, 0.15) is 18.5 Å². The molecule has 1 atom stereocenters. The number of pyridine rings is 1. The molecule has 0 amide bonds. The Labute approximate surface area is 200 Å². The number of nitrogens with zero attached hydrogens (tertiary/aromatic N) is 2. The molecule has 11 heteroatoms. The van der Waals surface area contributed by atoms with E-state index >= 15 is 0 Å². The number of benzene rings is 2. The molecule has 0 spiro atoms. The average molecular weight is 504 g/mol. The van der Waals surface area contributed by atoms with Crippen LogP contribution in [-0.4, -0.2) is 48.2 Å². The van der Waals surface area contributed by atoms with E-state index in [4.69, 9.17) is 4.74 Å². The third-order valence-corrected chi connectivity index (χ3v) is 6.26. The Morgan fingerprint density at radius 1 is 1.09 bits per heavy atom. The van der Waals surface area contributed by atoms with Gasteiger partial charge >= 0.3 is 12.3 Å². The topological polar surface area (TPSA) is 103 Å². The van der Waals surface area contributed by atoms with Gasteiger partial charge in [0.1, 0.15) is 9.84 Å². The van der Waals surface area contributed by atoms with E-state index in [9.17, 15) is 22.0 Å². The van der Waals surface area contributed by atoms with Gasteiger partial charge in [0.15, 0.2) is 17.1 Å². The van der Waals surface area contributed by atoms with Gasteiger partial charge < -0.3 is 14.5 Å². The molecule has 0 fully saturated rings. The van der Waals surface area contributed by atoms with E-state index in [1.807, 2.05) is 30.3 Å². The first kappa shape index (κ1) is 24.4. The van der Waals surface area contributed by atoms with Gasteiger partial charge in [0, 0.05) is 18.0 Å². The van der Waals surface area contributed by atoms with Crippen LogP contribution in [0.4, 0.5) is 8.78 Å². The Hall–Kier alpha value is -3.73. The number of halogens is 2. The zero-order chi connectivity index (χ0) is 25.2. The zero-order valence-electron chi connectivity index (χ0n) is 18.9. The van der Waals surface area contributed by atoms with Crippen molar-refractivity contribution in [2.75, 3.05) is 18.6 Å². The van der Waals surface area contributed by atoms with Gasteiger partial charge in [0.25, 0.3) is 0 Å². The molecule has 0 saturated carbocycles. The number of alkyl halides is 2. The molecule has 184 valence electrons. The first-order chi connectivity index (χ1) is 16.7. The van der Waals surface area contributed by atoms with Crippen molar-refractivity contribution >= 4 is 21.0 Å². The highest BCUT2D eigenvalue weighted by atomic mass is 32.2. The van der Waals surface area contributed by atoms with Gasteiger partial charge in [0.05, 0.1) is 23.9 Å². The lowest BCUT2D eigenvalue weighted by atomic mass is 10.1. The predicted octanol–water partition coefficient (Wildman–Crippen LogP) is 4.03. The minimum absolute atomic E-state index is 0.00891. The standard InChI is InChI=1S/C24H23F2N3O5S/c1-3-33-20-13-16(9-10-19(20)34-23(25)26)18(14-35(2,31)32)29-22-21(28-24(29)30)17(11-12-27-22)15-7-5-4-6-8-15/h4-13,18,23H,3,14H2,1-2H3,(H,28,30). The van der Waals surface area contributed by atoms with Crippen LogP contribution >= 0.6 is 0 Å². The number of aromatic nitrogens is 3. The maximum Gasteiger partial charge on any atom is 0.387 e. The monoisotopic (exact) mass is 503 g/mol. The third-order valence-electron chi connectivity index (χ3n) is 5.34. The molecule has 4 rings (SSSR count). The summed E-state index contributed by atoms with van der Waals surface area (Å²) < 4.78 is 61.6. The number of nitrogens with one attached hydrogen (secondary N) is 1. The highest BCUT2D eigenvalue weighted by molar-refractivity contribution is 7.90. The fourth-order valence-electron chi connectivity index (χ4n) is 3.97. The highest BCUT2D eigenvalue weighted by Crippen LogP contribution is 2.34. The number of rotatable bonds is 9. The Morgan fingerprint density at radius 3 is 2.49 bits per heavy atom. The molecule has 0 radical (unpaired) electrons. The van der Waals surface area contributed by atoms with Crippen molar-refractivity contribution in [1.82, 2.24) is 14.5 Å². The van der Waals surface area contributed by atoms with Crippen molar-refractivity contribution in [2.45, 2.75) is 19.6 Å². The predicted molar refractivity (Wildman–Crippen MR) is 128 cm³/mol. The summed E-state index contributed by atoms with van der Waals surface area (Å²) in [4.78, 5) is 20.3. The Balaban J connectivity index is 1.92. The molecule has 8 nitrogen and oxygen atoms in total. The van der Waals surface area contributed by atoms with Gasteiger partial charge in [-0.15, -0.1) is 0 Å². The van der Waals surface area contributed by atoms with Gasteiger partial charge in [-0.3, -0.25) is 4.57 Å². The van der Waals surface area contributed by atoms with Crippen LogP contribution in [0.2, 0.25) is 0 Å². The lowest BCUT2D eigenvalue weighted by molar-refractivity contribution is -0.0514. The number of aromatic amines is 1. The number of ether oxygens (including phenoxy) is 2. The van der Waals surface area contributed by atoms with Crippen molar-refractivity contribution in [1.29, 1.82) is 0 Å². The maximum absolute atomic E-state index is 13.2. The summed E-state index contributed by atoms with van der Waals surface area (Å²) in [7, 11) is -3.59. The summed E-state index contributed by atoms with van der Waals surface area (Å²) in [6.07, 6.45) is 2.59. The Morgan fingerprint density at radius 2 is 1.83 bits per heavy atom. The van der Waals surface area contributed by atoms with Gasteiger partial charge in [-0.05, 0) is 36.2 Å². The van der Waals surface area contributed by atoms with Gasteiger partial charge in [-0.25, -0.2) is 18.2 Å². The average Bonchev–Trinajstić information content (AvgIpc) is 3.14. The zero-order valence-corrected chi connectivity index (χ0v) is 19.8. The lowest BCUT2D eigenvalue weighted by Gasteiger charge is -2.20.